The molecule has 1 aromatic heterocycles. The number of imide groups is 1. The fourth-order valence-electron chi connectivity index (χ4n) is 1.56. The molecule has 0 fully saturated rings. The Balaban J connectivity index is 1.94. The fourth-order valence-corrected chi connectivity index (χ4v) is 2.26. The Morgan fingerprint density at radius 2 is 2.05 bits per heavy atom. The largest absolute Gasteiger partial charge is 0.416 e. The molecule has 1 aromatic carbocycles. The van der Waals surface area contributed by atoms with Crippen LogP contribution in [0.25, 0.3) is 0 Å². The van der Waals surface area contributed by atoms with Crippen LogP contribution in [-0.2, 0) is 11.2 Å². The minimum atomic E-state index is -0.886. The van der Waals surface area contributed by atoms with Gasteiger partial charge in [-0.1, -0.05) is 42.1 Å². The molecule has 0 aliphatic heterocycles. The number of benzene rings is 1. The van der Waals surface area contributed by atoms with Crippen molar-refractivity contribution in [2.45, 2.75) is 23.8 Å². The maximum absolute atomic E-state index is 11.5. The minimum absolute atomic E-state index is 0.271. The van der Waals surface area contributed by atoms with Crippen LogP contribution in [0.2, 0.25) is 0 Å². The van der Waals surface area contributed by atoms with Crippen molar-refractivity contribution in [1.82, 2.24) is 15.5 Å². The summed E-state index contributed by atoms with van der Waals surface area (Å²) in [5, 5.41) is 9.49. The third-order valence-electron chi connectivity index (χ3n) is 2.54. The molecule has 3 N–H and O–H groups in total. The zero-order valence-corrected chi connectivity index (χ0v) is 12.1. The van der Waals surface area contributed by atoms with E-state index in [4.69, 9.17) is 10.2 Å². The molecule has 0 saturated carbocycles. The second-order valence-electron chi connectivity index (χ2n) is 4.24. The molecule has 8 heteroatoms. The van der Waals surface area contributed by atoms with E-state index in [1.165, 1.54) is 0 Å². The summed E-state index contributed by atoms with van der Waals surface area (Å²) >= 11 is 1.06. The molecular weight excluding hydrogens is 292 g/mol. The molecule has 110 valence electrons. The number of carbonyl (C=O) groups is 2. The monoisotopic (exact) mass is 306 g/mol. The molecule has 2 aromatic rings. The fraction of sp³-hybridized carbons (Fsp3) is 0.231. The number of amides is 3. The summed E-state index contributed by atoms with van der Waals surface area (Å²) in [5.74, 6) is -0.0403. The molecule has 1 unspecified atom stereocenters. The highest BCUT2D eigenvalue weighted by Gasteiger charge is 2.19. The van der Waals surface area contributed by atoms with Crippen LogP contribution in [-0.4, -0.2) is 27.4 Å². The second-order valence-corrected chi connectivity index (χ2v) is 5.53. The van der Waals surface area contributed by atoms with E-state index in [-0.39, 0.29) is 5.22 Å². The van der Waals surface area contributed by atoms with Crippen LogP contribution in [0.1, 0.15) is 18.4 Å². The van der Waals surface area contributed by atoms with Gasteiger partial charge in [0.15, 0.2) is 0 Å². The Kier molecular flexibility index (Phi) is 4.94. The van der Waals surface area contributed by atoms with Crippen molar-refractivity contribution in [2.24, 2.45) is 5.73 Å². The molecule has 0 radical (unpaired) electrons. The van der Waals surface area contributed by atoms with Crippen LogP contribution in [0.5, 0.6) is 0 Å². The number of carbonyl (C=O) groups excluding carboxylic acids is 2. The SMILES string of the molecule is CC(Sc1nnc(Cc2ccccc2)o1)C(=O)NC(N)=O. The van der Waals surface area contributed by atoms with Crippen molar-refractivity contribution in [3.05, 3.63) is 41.8 Å². The quantitative estimate of drug-likeness (QED) is 0.806. The second kappa shape index (κ2) is 6.89. The standard InChI is InChI=1S/C13H14N4O3S/c1-8(11(18)15-12(14)19)21-13-17-16-10(20-13)7-9-5-3-2-4-6-9/h2-6,8H,7H2,1H3,(H3,14,15,18,19). The number of rotatable bonds is 5. The summed E-state index contributed by atoms with van der Waals surface area (Å²) in [5.41, 5.74) is 5.94. The first kappa shape index (κ1) is 15.0. The molecule has 0 aliphatic carbocycles. The number of nitrogens with two attached hydrogens (primary N) is 1. The number of urea groups is 1. The van der Waals surface area contributed by atoms with Crippen molar-refractivity contribution >= 4 is 23.7 Å². The summed E-state index contributed by atoms with van der Waals surface area (Å²) in [7, 11) is 0. The predicted octanol–water partition coefficient (Wildman–Crippen LogP) is 1.34. The van der Waals surface area contributed by atoms with Crippen LogP contribution < -0.4 is 11.1 Å². The summed E-state index contributed by atoms with van der Waals surface area (Å²) in [6.07, 6.45) is 0.524. The van der Waals surface area contributed by atoms with Gasteiger partial charge in [0, 0.05) is 0 Å². The van der Waals surface area contributed by atoms with Gasteiger partial charge in [-0.2, -0.15) is 0 Å². The normalized spacial score (nSPS) is 11.9. The molecule has 7 nitrogen and oxygen atoms in total. The number of primary amides is 1. The van der Waals surface area contributed by atoms with Crippen molar-refractivity contribution in [3.8, 4) is 0 Å². The summed E-state index contributed by atoms with van der Waals surface area (Å²) < 4.78 is 5.46. The Labute approximate surface area is 125 Å². The van der Waals surface area contributed by atoms with E-state index in [1.54, 1.807) is 6.92 Å². The molecule has 0 spiro atoms. The molecule has 0 saturated heterocycles. The van der Waals surface area contributed by atoms with Crippen molar-refractivity contribution < 1.29 is 14.0 Å². The highest BCUT2D eigenvalue weighted by atomic mass is 32.2. The zero-order chi connectivity index (χ0) is 15.2. The van der Waals surface area contributed by atoms with Crippen LogP contribution in [0.3, 0.4) is 0 Å². The molecule has 3 amide bonds. The highest BCUT2D eigenvalue weighted by Crippen LogP contribution is 2.22. The first-order valence-electron chi connectivity index (χ1n) is 6.18. The van der Waals surface area contributed by atoms with Crippen LogP contribution in [0, 0.1) is 0 Å². The van der Waals surface area contributed by atoms with Crippen LogP contribution >= 0.6 is 11.8 Å². The van der Waals surface area contributed by atoms with Crippen molar-refractivity contribution in [1.29, 1.82) is 0 Å². The van der Waals surface area contributed by atoms with Gasteiger partial charge in [0.25, 0.3) is 5.22 Å². The van der Waals surface area contributed by atoms with Gasteiger partial charge in [0.1, 0.15) is 0 Å². The summed E-state index contributed by atoms with van der Waals surface area (Å²) in [4.78, 5) is 22.1. The number of hydrogen-bond acceptors (Lipinski definition) is 6. The van der Waals surface area contributed by atoms with Gasteiger partial charge >= 0.3 is 6.03 Å². The maximum atomic E-state index is 11.5. The smallest absolute Gasteiger partial charge is 0.318 e. The summed E-state index contributed by atoms with van der Waals surface area (Å²) in [6, 6.07) is 8.81. The first-order valence-corrected chi connectivity index (χ1v) is 7.06. The Bertz CT molecular complexity index is 629. The molecule has 1 atom stereocenters. The van der Waals surface area contributed by atoms with E-state index in [9.17, 15) is 9.59 Å². The summed E-state index contributed by atoms with van der Waals surface area (Å²) in [6.45, 7) is 1.62. The average molecular weight is 306 g/mol. The van der Waals surface area contributed by atoms with E-state index >= 15 is 0 Å². The van der Waals surface area contributed by atoms with E-state index in [2.05, 4.69) is 10.2 Å². The predicted molar refractivity (Wildman–Crippen MR) is 76.6 cm³/mol. The van der Waals surface area contributed by atoms with E-state index in [1.807, 2.05) is 35.6 Å². The topological polar surface area (TPSA) is 111 Å². The van der Waals surface area contributed by atoms with E-state index in [0.29, 0.717) is 12.3 Å². The number of hydrogen-bond donors (Lipinski definition) is 2. The van der Waals surface area contributed by atoms with Gasteiger partial charge in [-0.05, 0) is 12.5 Å². The third-order valence-corrected chi connectivity index (χ3v) is 3.47. The Hall–Kier alpha value is -2.35. The Morgan fingerprint density at radius 3 is 2.71 bits per heavy atom. The molecule has 0 aliphatic rings. The average Bonchev–Trinajstić information content (AvgIpc) is 2.86. The van der Waals surface area contributed by atoms with Gasteiger partial charge in [0.05, 0.1) is 11.7 Å². The van der Waals surface area contributed by atoms with Crippen LogP contribution in [0.15, 0.2) is 40.0 Å². The number of thioether (sulfide) groups is 1. The molecule has 2 rings (SSSR count). The number of aromatic nitrogens is 2. The third kappa shape index (κ3) is 4.60. The molecule has 21 heavy (non-hydrogen) atoms. The van der Waals surface area contributed by atoms with Crippen molar-refractivity contribution in [2.75, 3.05) is 0 Å². The van der Waals surface area contributed by atoms with E-state index in [0.717, 1.165) is 17.3 Å². The Morgan fingerprint density at radius 1 is 1.33 bits per heavy atom. The maximum Gasteiger partial charge on any atom is 0.318 e. The van der Waals surface area contributed by atoms with Gasteiger partial charge < -0.3 is 10.2 Å². The molecule has 1 heterocycles. The molecule has 0 bridgehead atoms. The lowest BCUT2D eigenvalue weighted by Crippen LogP contribution is -2.39. The highest BCUT2D eigenvalue weighted by molar-refractivity contribution is 8.00. The lowest BCUT2D eigenvalue weighted by molar-refractivity contribution is -0.119. The lowest BCUT2D eigenvalue weighted by Gasteiger charge is -2.06. The van der Waals surface area contributed by atoms with Gasteiger partial charge in [0.2, 0.25) is 11.8 Å². The van der Waals surface area contributed by atoms with E-state index < -0.39 is 17.2 Å². The minimum Gasteiger partial charge on any atom is -0.416 e. The molecular formula is C13H14N4O3S. The lowest BCUT2D eigenvalue weighted by atomic mass is 10.2. The van der Waals surface area contributed by atoms with Gasteiger partial charge in [-0.3, -0.25) is 10.1 Å². The number of nitrogens with zero attached hydrogens (tertiary/aromatic N) is 2. The van der Waals surface area contributed by atoms with Crippen LogP contribution in [0.4, 0.5) is 4.79 Å². The number of nitrogens with one attached hydrogen (secondary N) is 1. The first-order chi connectivity index (χ1) is 10.0. The van der Waals surface area contributed by atoms with Gasteiger partial charge in [-0.15, -0.1) is 10.2 Å². The zero-order valence-electron chi connectivity index (χ0n) is 11.3. The van der Waals surface area contributed by atoms with Gasteiger partial charge in [-0.25, -0.2) is 4.79 Å². The van der Waals surface area contributed by atoms with Crippen molar-refractivity contribution in [3.63, 3.8) is 0 Å².